The third kappa shape index (κ3) is 4.68. The number of aliphatic imine (C=N–C) groups is 1. The quantitative estimate of drug-likeness (QED) is 0.336. The molecule has 1 fully saturated rings. The lowest BCUT2D eigenvalue weighted by Gasteiger charge is -2.40. The Morgan fingerprint density at radius 1 is 1.08 bits per heavy atom. The fourth-order valence-electron chi connectivity index (χ4n) is 5.24. The van der Waals surface area contributed by atoms with Gasteiger partial charge in [-0.3, -0.25) is 15.1 Å². The number of para-hydroxylation sites is 1. The normalized spacial score (nSPS) is 20.3. The smallest absolute Gasteiger partial charge is 0.311 e. The summed E-state index contributed by atoms with van der Waals surface area (Å²) in [5.41, 5.74) is 5.35. The molecule has 1 unspecified atom stereocenters. The van der Waals surface area contributed by atoms with Gasteiger partial charge < -0.3 is 15.0 Å². The molecule has 3 aromatic rings. The molecule has 3 heterocycles. The van der Waals surface area contributed by atoms with Gasteiger partial charge in [0.15, 0.2) is 0 Å². The van der Waals surface area contributed by atoms with Crippen LogP contribution in [0, 0.1) is 21.8 Å². The molecular formula is C29H26FN5O3. The van der Waals surface area contributed by atoms with Gasteiger partial charge >= 0.3 is 5.69 Å². The number of ether oxygens (including phenoxy) is 1. The molecule has 1 atom stereocenters. The molecule has 1 aromatic heterocycles. The zero-order valence-corrected chi connectivity index (χ0v) is 20.6. The molecule has 2 aromatic carbocycles. The van der Waals surface area contributed by atoms with Crippen LogP contribution in [0.1, 0.15) is 18.4 Å². The first-order chi connectivity index (χ1) is 18.6. The Hall–Kier alpha value is -4.37. The fraction of sp³-hybridized carbons (Fsp3) is 0.241. The van der Waals surface area contributed by atoms with E-state index in [2.05, 4.69) is 39.5 Å². The van der Waals surface area contributed by atoms with Gasteiger partial charge in [0, 0.05) is 48.5 Å². The maximum absolute atomic E-state index is 13.8. The second-order valence-electron chi connectivity index (χ2n) is 9.51. The minimum absolute atomic E-state index is 0.0335. The van der Waals surface area contributed by atoms with Crippen molar-refractivity contribution in [2.75, 3.05) is 23.4 Å². The summed E-state index contributed by atoms with van der Waals surface area (Å²) in [6.45, 7) is 1.29. The Morgan fingerprint density at radius 2 is 1.87 bits per heavy atom. The minimum atomic E-state index is -0.442. The summed E-state index contributed by atoms with van der Waals surface area (Å²) < 4.78 is 19.3. The van der Waals surface area contributed by atoms with E-state index in [9.17, 15) is 14.5 Å². The summed E-state index contributed by atoms with van der Waals surface area (Å²) in [5, 5.41) is 14.9. The Balaban J connectivity index is 1.47. The molecule has 38 heavy (non-hydrogen) atoms. The van der Waals surface area contributed by atoms with Crippen molar-refractivity contribution in [3.63, 3.8) is 0 Å². The standard InChI is InChI=1S/C29H26FN5O3/c30-21-7-9-23(10-8-21)34-26-5-2-1-4-19(26)16-20-17-24(33-29-27(35(36)37)6-3-13-31-29)25(18-28(20)34)32-22-11-14-38-15-12-22/h1-10,13,17-18,20,22H,11-12,14-16H2,(H,31,33). The fourth-order valence-corrected chi connectivity index (χ4v) is 5.24. The lowest BCUT2D eigenvalue weighted by atomic mass is 9.84. The van der Waals surface area contributed by atoms with Crippen LogP contribution in [-0.4, -0.2) is 34.9 Å². The molecule has 0 saturated carbocycles. The van der Waals surface area contributed by atoms with Gasteiger partial charge in [-0.2, -0.15) is 0 Å². The Morgan fingerprint density at radius 3 is 2.66 bits per heavy atom. The molecule has 9 heteroatoms. The number of fused-ring (bicyclic) bond motifs is 2. The van der Waals surface area contributed by atoms with Gasteiger partial charge in [-0.25, -0.2) is 9.37 Å². The molecule has 2 aliphatic heterocycles. The van der Waals surface area contributed by atoms with Crippen molar-refractivity contribution in [2.45, 2.75) is 25.3 Å². The molecular weight excluding hydrogens is 485 g/mol. The molecule has 1 aliphatic carbocycles. The number of halogens is 1. The molecule has 1 saturated heterocycles. The summed E-state index contributed by atoms with van der Waals surface area (Å²) in [6, 6.07) is 17.7. The number of allylic oxidation sites excluding steroid dienone is 2. The van der Waals surface area contributed by atoms with Crippen LogP contribution in [-0.2, 0) is 11.2 Å². The van der Waals surface area contributed by atoms with Crippen molar-refractivity contribution in [3.05, 3.63) is 112 Å². The molecule has 0 bridgehead atoms. The van der Waals surface area contributed by atoms with Gasteiger partial charge in [0.1, 0.15) is 5.82 Å². The third-order valence-electron chi connectivity index (χ3n) is 7.07. The Bertz CT molecular complexity index is 1460. The SMILES string of the molecule is O=[N+]([O-])c1cccnc1NC1=CC2Cc3ccccc3N(c3ccc(F)cc3)C2=CC1=NC1CCOCC1. The number of nitrogens with zero attached hydrogens (tertiary/aromatic N) is 4. The molecule has 192 valence electrons. The highest BCUT2D eigenvalue weighted by molar-refractivity contribution is 6.12. The lowest BCUT2D eigenvalue weighted by molar-refractivity contribution is -0.384. The summed E-state index contributed by atoms with van der Waals surface area (Å²) in [4.78, 5) is 22.7. The molecule has 8 nitrogen and oxygen atoms in total. The number of benzene rings is 2. The number of pyridine rings is 1. The predicted octanol–water partition coefficient (Wildman–Crippen LogP) is 5.95. The van der Waals surface area contributed by atoms with E-state index in [1.165, 1.54) is 24.4 Å². The summed E-state index contributed by atoms with van der Waals surface area (Å²) in [5.74, 6) is -0.154. The van der Waals surface area contributed by atoms with Gasteiger partial charge in [0.25, 0.3) is 0 Å². The second-order valence-corrected chi connectivity index (χ2v) is 9.51. The minimum Gasteiger partial charge on any atom is -0.381 e. The first-order valence-corrected chi connectivity index (χ1v) is 12.7. The van der Waals surface area contributed by atoms with Crippen LogP contribution < -0.4 is 10.2 Å². The van der Waals surface area contributed by atoms with Crippen LogP contribution in [0.25, 0.3) is 0 Å². The van der Waals surface area contributed by atoms with Crippen LogP contribution in [0.3, 0.4) is 0 Å². The van der Waals surface area contributed by atoms with Crippen LogP contribution in [0.4, 0.5) is 27.3 Å². The Labute approximate surface area is 219 Å². The van der Waals surface area contributed by atoms with Crippen molar-refractivity contribution >= 4 is 28.6 Å². The summed E-state index contributed by atoms with van der Waals surface area (Å²) >= 11 is 0. The van der Waals surface area contributed by atoms with E-state index in [1.807, 2.05) is 12.1 Å². The highest BCUT2D eigenvalue weighted by Crippen LogP contribution is 2.44. The largest absolute Gasteiger partial charge is 0.381 e. The first kappa shape index (κ1) is 24.0. The molecule has 3 aliphatic rings. The lowest BCUT2D eigenvalue weighted by Crippen LogP contribution is -2.34. The number of aromatic nitrogens is 1. The van der Waals surface area contributed by atoms with Gasteiger partial charge in [0.2, 0.25) is 5.82 Å². The van der Waals surface area contributed by atoms with E-state index in [-0.39, 0.29) is 29.3 Å². The Kier molecular flexibility index (Phi) is 6.43. The molecule has 6 rings (SSSR count). The van der Waals surface area contributed by atoms with Crippen molar-refractivity contribution in [1.82, 2.24) is 4.98 Å². The van der Waals surface area contributed by atoms with Crippen LogP contribution >= 0.6 is 0 Å². The third-order valence-corrected chi connectivity index (χ3v) is 7.07. The summed E-state index contributed by atoms with van der Waals surface area (Å²) in [6.07, 6.45) is 8.02. The number of hydrogen-bond acceptors (Lipinski definition) is 7. The van der Waals surface area contributed by atoms with Crippen molar-refractivity contribution < 1.29 is 14.1 Å². The molecule has 0 radical (unpaired) electrons. The predicted molar refractivity (Wildman–Crippen MR) is 144 cm³/mol. The maximum Gasteiger partial charge on any atom is 0.311 e. The zero-order valence-electron chi connectivity index (χ0n) is 20.6. The van der Waals surface area contributed by atoms with E-state index in [0.717, 1.165) is 41.9 Å². The number of nitro groups is 1. The monoisotopic (exact) mass is 511 g/mol. The van der Waals surface area contributed by atoms with Crippen molar-refractivity contribution in [1.29, 1.82) is 0 Å². The van der Waals surface area contributed by atoms with Crippen LogP contribution in [0.5, 0.6) is 0 Å². The number of nitrogens with one attached hydrogen (secondary N) is 1. The number of rotatable bonds is 5. The maximum atomic E-state index is 13.8. The average Bonchev–Trinajstić information content (AvgIpc) is 2.93. The zero-order chi connectivity index (χ0) is 26.1. The molecule has 0 spiro atoms. The van der Waals surface area contributed by atoms with Crippen molar-refractivity contribution in [3.8, 4) is 0 Å². The van der Waals surface area contributed by atoms with Gasteiger partial charge in [-0.1, -0.05) is 18.2 Å². The van der Waals surface area contributed by atoms with Crippen LogP contribution in [0.15, 0.2) is 95.4 Å². The highest BCUT2D eigenvalue weighted by Gasteiger charge is 2.34. The van der Waals surface area contributed by atoms with Gasteiger partial charge in [0.05, 0.1) is 22.4 Å². The first-order valence-electron chi connectivity index (χ1n) is 12.7. The average molecular weight is 512 g/mol. The summed E-state index contributed by atoms with van der Waals surface area (Å²) in [7, 11) is 0. The van der Waals surface area contributed by atoms with Crippen molar-refractivity contribution in [2.24, 2.45) is 10.9 Å². The topological polar surface area (TPSA) is 92.9 Å². The highest BCUT2D eigenvalue weighted by atomic mass is 19.1. The second kappa shape index (κ2) is 10.2. The van der Waals surface area contributed by atoms with E-state index in [4.69, 9.17) is 9.73 Å². The number of anilines is 3. The van der Waals surface area contributed by atoms with Gasteiger partial charge in [-0.05, 0) is 73.4 Å². The van der Waals surface area contributed by atoms with Crippen LogP contribution in [0.2, 0.25) is 0 Å². The van der Waals surface area contributed by atoms with E-state index in [1.54, 1.807) is 18.2 Å². The number of hydrogen-bond donors (Lipinski definition) is 1. The van der Waals surface area contributed by atoms with Gasteiger partial charge in [-0.15, -0.1) is 0 Å². The molecule has 1 N–H and O–H groups in total. The molecule has 0 amide bonds. The van der Waals surface area contributed by atoms with E-state index >= 15 is 0 Å². The van der Waals surface area contributed by atoms with E-state index in [0.29, 0.717) is 24.6 Å². The van der Waals surface area contributed by atoms with E-state index < -0.39 is 4.92 Å².